The van der Waals surface area contributed by atoms with Gasteiger partial charge in [-0.2, -0.15) is 0 Å². The molecule has 1 N–H and O–H groups in total. The van der Waals surface area contributed by atoms with Gasteiger partial charge >= 0.3 is 0 Å². The van der Waals surface area contributed by atoms with Crippen molar-refractivity contribution in [1.82, 2.24) is 19.9 Å². The molecular formula is C25H27N5O. The van der Waals surface area contributed by atoms with E-state index in [-0.39, 0.29) is 17.9 Å². The van der Waals surface area contributed by atoms with E-state index in [4.69, 9.17) is 9.97 Å². The molecule has 3 aromatic rings. The topological polar surface area (TPSA) is 71.0 Å². The van der Waals surface area contributed by atoms with Gasteiger partial charge in [-0.25, -0.2) is 9.97 Å². The quantitative estimate of drug-likeness (QED) is 0.627. The number of rotatable bonds is 5. The van der Waals surface area contributed by atoms with Crippen LogP contribution in [0.4, 0.5) is 11.5 Å². The minimum atomic E-state index is -0.0685. The summed E-state index contributed by atoms with van der Waals surface area (Å²) in [4.78, 5) is 29.3. The van der Waals surface area contributed by atoms with Gasteiger partial charge in [0.05, 0.1) is 11.7 Å². The Morgan fingerprint density at radius 2 is 1.81 bits per heavy atom. The van der Waals surface area contributed by atoms with Crippen LogP contribution < -0.4 is 5.32 Å². The van der Waals surface area contributed by atoms with E-state index in [1.54, 1.807) is 6.20 Å². The number of hydrogen-bond donors (Lipinski definition) is 1. The number of benzene rings is 1. The zero-order chi connectivity index (χ0) is 21.0. The molecule has 0 bridgehead atoms. The van der Waals surface area contributed by atoms with Gasteiger partial charge in [-0.15, -0.1) is 0 Å². The average Bonchev–Trinajstić information content (AvgIpc) is 3.52. The highest BCUT2D eigenvalue weighted by atomic mass is 16.2. The highest BCUT2D eigenvalue weighted by molar-refractivity contribution is 5.80. The molecule has 6 nitrogen and oxygen atoms in total. The highest BCUT2D eigenvalue weighted by Crippen LogP contribution is 2.36. The molecule has 1 aromatic carbocycles. The van der Waals surface area contributed by atoms with E-state index in [1.165, 1.54) is 0 Å². The van der Waals surface area contributed by atoms with Crippen molar-refractivity contribution in [1.29, 1.82) is 0 Å². The van der Waals surface area contributed by atoms with Crippen molar-refractivity contribution >= 4 is 17.4 Å². The Hall–Kier alpha value is -3.28. The van der Waals surface area contributed by atoms with Gasteiger partial charge in [-0.1, -0.05) is 31.0 Å². The number of para-hydroxylation sites is 1. The first-order valence-corrected chi connectivity index (χ1v) is 11.2. The number of nitrogens with one attached hydrogen (secondary N) is 1. The van der Waals surface area contributed by atoms with Crippen molar-refractivity contribution in [3.05, 3.63) is 66.7 Å². The van der Waals surface area contributed by atoms with E-state index in [2.05, 4.69) is 10.3 Å². The van der Waals surface area contributed by atoms with Crippen LogP contribution in [-0.2, 0) is 4.79 Å². The lowest BCUT2D eigenvalue weighted by atomic mass is 10.1. The summed E-state index contributed by atoms with van der Waals surface area (Å²) in [6, 6.07) is 15.8. The van der Waals surface area contributed by atoms with Gasteiger partial charge in [0.15, 0.2) is 5.82 Å². The van der Waals surface area contributed by atoms with Gasteiger partial charge in [-0.3, -0.25) is 9.78 Å². The van der Waals surface area contributed by atoms with Gasteiger partial charge in [0.2, 0.25) is 5.91 Å². The second-order valence-electron chi connectivity index (χ2n) is 8.40. The number of likely N-dealkylation sites (tertiary alicyclic amines) is 1. The monoisotopic (exact) mass is 413 g/mol. The first kappa shape index (κ1) is 19.7. The molecule has 0 radical (unpaired) electrons. The first-order chi connectivity index (χ1) is 15.3. The SMILES string of the molecule is O=C(C1CCCC1)N1CCC[C@H]1c1nc(Nc2ccccc2)cc(-c2cccnc2)n1. The molecule has 1 saturated carbocycles. The summed E-state index contributed by atoms with van der Waals surface area (Å²) in [7, 11) is 0. The molecule has 1 aliphatic heterocycles. The number of carbonyl (C=O) groups is 1. The van der Waals surface area contributed by atoms with Gasteiger partial charge in [0, 0.05) is 42.2 Å². The van der Waals surface area contributed by atoms with Crippen molar-refractivity contribution in [3.63, 3.8) is 0 Å². The Labute approximate surface area is 182 Å². The predicted octanol–water partition coefficient (Wildman–Crippen LogP) is 5.14. The first-order valence-electron chi connectivity index (χ1n) is 11.2. The molecule has 31 heavy (non-hydrogen) atoms. The molecule has 3 heterocycles. The number of hydrogen-bond acceptors (Lipinski definition) is 5. The maximum Gasteiger partial charge on any atom is 0.226 e. The Morgan fingerprint density at radius 1 is 0.968 bits per heavy atom. The number of anilines is 2. The Morgan fingerprint density at radius 3 is 2.58 bits per heavy atom. The van der Waals surface area contributed by atoms with Crippen molar-refractivity contribution in [3.8, 4) is 11.3 Å². The molecule has 5 rings (SSSR count). The molecule has 1 atom stereocenters. The van der Waals surface area contributed by atoms with Gasteiger partial charge in [0.1, 0.15) is 5.82 Å². The zero-order valence-corrected chi connectivity index (χ0v) is 17.6. The highest BCUT2D eigenvalue weighted by Gasteiger charge is 2.36. The Balaban J connectivity index is 1.50. The summed E-state index contributed by atoms with van der Waals surface area (Å²) in [5.41, 5.74) is 2.72. The van der Waals surface area contributed by atoms with Crippen LogP contribution in [0.2, 0.25) is 0 Å². The van der Waals surface area contributed by atoms with Crippen LogP contribution in [0.3, 0.4) is 0 Å². The van der Waals surface area contributed by atoms with Gasteiger partial charge in [-0.05, 0) is 49.9 Å². The molecule has 158 valence electrons. The fourth-order valence-corrected chi connectivity index (χ4v) is 4.72. The van der Waals surface area contributed by atoms with Crippen LogP contribution in [0, 0.1) is 5.92 Å². The standard InChI is InChI=1S/C25H27N5O/c31-25(18-8-4-5-9-18)30-15-7-13-22(30)24-28-21(19-10-6-14-26-17-19)16-23(29-24)27-20-11-2-1-3-12-20/h1-3,6,10-12,14,16-18,22H,4-5,7-9,13,15H2,(H,27,28,29)/t22-/m0/s1. The Kier molecular flexibility index (Phi) is 5.61. The minimum absolute atomic E-state index is 0.0685. The number of amides is 1. The second-order valence-corrected chi connectivity index (χ2v) is 8.40. The van der Waals surface area contributed by atoms with Crippen molar-refractivity contribution < 1.29 is 4.79 Å². The van der Waals surface area contributed by atoms with E-state index in [9.17, 15) is 4.79 Å². The molecule has 0 unspecified atom stereocenters. The summed E-state index contributed by atoms with van der Waals surface area (Å²) in [6.07, 6.45) is 9.81. The molecule has 2 aromatic heterocycles. The van der Waals surface area contributed by atoms with Crippen LogP contribution in [0.1, 0.15) is 50.4 Å². The summed E-state index contributed by atoms with van der Waals surface area (Å²) in [5.74, 6) is 1.90. The van der Waals surface area contributed by atoms with Gasteiger partial charge in [0.25, 0.3) is 0 Å². The molecular weight excluding hydrogens is 386 g/mol. The fraction of sp³-hybridized carbons (Fsp3) is 0.360. The maximum absolute atomic E-state index is 13.2. The minimum Gasteiger partial charge on any atom is -0.340 e. The lowest BCUT2D eigenvalue weighted by molar-refractivity contribution is -0.136. The molecule has 1 aliphatic carbocycles. The molecule has 1 amide bonds. The molecule has 2 fully saturated rings. The third kappa shape index (κ3) is 4.29. The van der Waals surface area contributed by atoms with Gasteiger partial charge < -0.3 is 10.2 Å². The number of aromatic nitrogens is 3. The normalized spacial score (nSPS) is 19.0. The molecule has 0 spiro atoms. The van der Waals surface area contributed by atoms with Crippen LogP contribution in [-0.4, -0.2) is 32.3 Å². The summed E-state index contributed by atoms with van der Waals surface area (Å²) in [6.45, 7) is 0.794. The Bertz CT molecular complexity index is 1030. The lowest BCUT2D eigenvalue weighted by Crippen LogP contribution is -2.35. The van der Waals surface area contributed by atoms with E-state index in [1.807, 2.05) is 59.6 Å². The molecule has 1 saturated heterocycles. The third-order valence-corrected chi connectivity index (χ3v) is 6.29. The van der Waals surface area contributed by atoms with Crippen molar-refractivity contribution in [2.75, 3.05) is 11.9 Å². The second kappa shape index (κ2) is 8.84. The van der Waals surface area contributed by atoms with Crippen LogP contribution in [0.25, 0.3) is 11.3 Å². The van der Waals surface area contributed by atoms with E-state index >= 15 is 0 Å². The summed E-state index contributed by atoms with van der Waals surface area (Å²) in [5, 5.41) is 3.40. The summed E-state index contributed by atoms with van der Waals surface area (Å²) < 4.78 is 0. The van der Waals surface area contributed by atoms with E-state index in [0.29, 0.717) is 5.82 Å². The number of pyridine rings is 1. The maximum atomic E-state index is 13.2. The lowest BCUT2D eigenvalue weighted by Gasteiger charge is -2.27. The van der Waals surface area contributed by atoms with Crippen LogP contribution in [0.15, 0.2) is 60.9 Å². The largest absolute Gasteiger partial charge is 0.340 e. The zero-order valence-electron chi connectivity index (χ0n) is 17.6. The molecule has 2 aliphatic rings. The molecule has 6 heteroatoms. The van der Waals surface area contributed by atoms with Crippen LogP contribution in [0.5, 0.6) is 0 Å². The number of carbonyl (C=O) groups excluding carboxylic acids is 1. The number of nitrogens with zero attached hydrogens (tertiary/aromatic N) is 4. The van der Waals surface area contributed by atoms with E-state index < -0.39 is 0 Å². The third-order valence-electron chi connectivity index (χ3n) is 6.29. The van der Waals surface area contributed by atoms with Crippen molar-refractivity contribution in [2.24, 2.45) is 5.92 Å². The smallest absolute Gasteiger partial charge is 0.226 e. The van der Waals surface area contributed by atoms with Crippen molar-refractivity contribution in [2.45, 2.75) is 44.6 Å². The van der Waals surface area contributed by atoms with Crippen LogP contribution >= 0.6 is 0 Å². The summed E-state index contributed by atoms with van der Waals surface area (Å²) >= 11 is 0. The predicted molar refractivity (Wildman–Crippen MR) is 121 cm³/mol. The van der Waals surface area contributed by atoms with E-state index in [0.717, 1.165) is 67.8 Å². The fourth-order valence-electron chi connectivity index (χ4n) is 4.72. The average molecular weight is 414 g/mol.